The van der Waals surface area contributed by atoms with Crippen molar-refractivity contribution >= 4 is 11.9 Å². The second-order valence-electron chi connectivity index (χ2n) is 6.06. The Labute approximate surface area is 147 Å². The minimum atomic E-state index is -4.55. The number of fused-ring (bicyclic) bond motifs is 1. The Morgan fingerprint density at radius 2 is 1.88 bits per heavy atom. The average molecular weight is 369 g/mol. The van der Waals surface area contributed by atoms with Crippen LogP contribution in [0.15, 0.2) is 6.07 Å². The lowest BCUT2D eigenvalue weighted by molar-refractivity contribution is -0.148. The molecule has 0 unspecified atom stereocenters. The number of nitrogens with one attached hydrogen (secondary N) is 1. The number of rotatable bonds is 4. The van der Waals surface area contributed by atoms with Crippen LogP contribution in [0.4, 0.5) is 19.1 Å². The molecule has 11 heteroatoms. The summed E-state index contributed by atoms with van der Waals surface area (Å²) in [5.41, 5.74) is 1.64. The van der Waals surface area contributed by atoms with Crippen LogP contribution >= 0.6 is 0 Å². The summed E-state index contributed by atoms with van der Waals surface area (Å²) in [6.07, 6.45) is -4.37. The van der Waals surface area contributed by atoms with Gasteiger partial charge >= 0.3 is 6.18 Å². The van der Waals surface area contributed by atoms with Gasteiger partial charge in [-0.15, -0.1) is 10.2 Å². The molecule has 0 radical (unpaired) electrons. The minimum absolute atomic E-state index is 0.0158. The highest BCUT2D eigenvalue weighted by Gasteiger charge is 2.39. The molecule has 140 valence electrons. The van der Waals surface area contributed by atoms with E-state index in [1.165, 1.54) is 4.90 Å². The maximum atomic E-state index is 12.8. The van der Waals surface area contributed by atoms with E-state index in [0.717, 1.165) is 16.0 Å². The molecule has 8 nitrogen and oxygen atoms in total. The third-order valence-corrected chi connectivity index (χ3v) is 3.96. The molecule has 0 aliphatic carbocycles. The molecular formula is C15H18F3N7O. The second-order valence-corrected chi connectivity index (χ2v) is 6.06. The standard InChI is InChI=1S/C15H18F3N7O/c1-9-7-10(2)21-14(20-9)19-4-3-12(26)24-5-6-25-11(8-24)22-23-13(25)15(16,17)18/h7H,3-6,8H2,1-2H3,(H,19,20,21). The van der Waals surface area contributed by atoms with Gasteiger partial charge in [-0.2, -0.15) is 13.2 Å². The van der Waals surface area contributed by atoms with Gasteiger partial charge in [-0.3, -0.25) is 4.79 Å². The molecule has 2 aromatic rings. The first-order chi connectivity index (χ1) is 12.2. The fourth-order valence-corrected chi connectivity index (χ4v) is 2.82. The van der Waals surface area contributed by atoms with Crippen LogP contribution in [0.5, 0.6) is 0 Å². The predicted molar refractivity (Wildman–Crippen MR) is 85.1 cm³/mol. The zero-order valence-corrected chi connectivity index (χ0v) is 14.3. The monoisotopic (exact) mass is 369 g/mol. The van der Waals surface area contributed by atoms with Crippen LogP contribution in [0, 0.1) is 13.8 Å². The lowest BCUT2D eigenvalue weighted by atomic mass is 10.3. The van der Waals surface area contributed by atoms with Crippen molar-refractivity contribution in [2.75, 3.05) is 18.4 Å². The van der Waals surface area contributed by atoms with E-state index in [0.29, 0.717) is 12.5 Å². The molecule has 1 N–H and O–H groups in total. The molecule has 0 saturated heterocycles. The number of hydrogen-bond donors (Lipinski definition) is 1. The molecule has 0 atom stereocenters. The highest BCUT2D eigenvalue weighted by Crippen LogP contribution is 2.29. The number of carbonyl (C=O) groups is 1. The van der Waals surface area contributed by atoms with Crippen LogP contribution in [0.25, 0.3) is 0 Å². The molecule has 0 bridgehead atoms. The minimum Gasteiger partial charge on any atom is -0.354 e. The molecule has 1 amide bonds. The number of anilines is 1. The highest BCUT2D eigenvalue weighted by atomic mass is 19.4. The summed E-state index contributed by atoms with van der Waals surface area (Å²) in [6.45, 7) is 4.26. The summed E-state index contributed by atoms with van der Waals surface area (Å²) in [7, 11) is 0. The summed E-state index contributed by atoms with van der Waals surface area (Å²) in [5, 5.41) is 9.76. The Balaban J connectivity index is 1.56. The van der Waals surface area contributed by atoms with E-state index in [4.69, 9.17) is 0 Å². The van der Waals surface area contributed by atoms with Crippen molar-refractivity contribution in [2.45, 2.75) is 39.5 Å². The number of alkyl halides is 3. The van der Waals surface area contributed by atoms with E-state index >= 15 is 0 Å². The van der Waals surface area contributed by atoms with Gasteiger partial charge in [0.1, 0.15) is 0 Å². The van der Waals surface area contributed by atoms with Crippen molar-refractivity contribution in [1.82, 2.24) is 29.6 Å². The second kappa shape index (κ2) is 6.89. The number of carbonyl (C=O) groups excluding carboxylic acids is 1. The van der Waals surface area contributed by atoms with E-state index in [9.17, 15) is 18.0 Å². The largest absolute Gasteiger partial charge is 0.451 e. The Morgan fingerprint density at radius 3 is 2.54 bits per heavy atom. The zero-order chi connectivity index (χ0) is 18.9. The molecule has 1 aliphatic heterocycles. The Morgan fingerprint density at radius 1 is 1.19 bits per heavy atom. The van der Waals surface area contributed by atoms with Crippen molar-refractivity contribution in [2.24, 2.45) is 0 Å². The van der Waals surface area contributed by atoms with E-state index in [2.05, 4.69) is 25.5 Å². The molecule has 3 rings (SSSR count). The van der Waals surface area contributed by atoms with Crippen molar-refractivity contribution < 1.29 is 18.0 Å². The predicted octanol–water partition coefficient (Wildman–Crippen LogP) is 1.55. The van der Waals surface area contributed by atoms with Gasteiger partial charge in [0.15, 0.2) is 5.82 Å². The molecule has 0 saturated carbocycles. The quantitative estimate of drug-likeness (QED) is 0.880. The van der Waals surface area contributed by atoms with Gasteiger partial charge in [-0.1, -0.05) is 0 Å². The van der Waals surface area contributed by atoms with Gasteiger partial charge in [-0.05, 0) is 19.9 Å². The molecule has 0 spiro atoms. The first kappa shape index (κ1) is 18.1. The summed E-state index contributed by atoms with van der Waals surface area (Å²) in [5.74, 6) is -0.607. The molecule has 26 heavy (non-hydrogen) atoms. The van der Waals surface area contributed by atoms with Crippen LogP contribution in [-0.4, -0.2) is 48.6 Å². The topological polar surface area (TPSA) is 88.8 Å². The van der Waals surface area contributed by atoms with Gasteiger partial charge in [0.2, 0.25) is 17.7 Å². The van der Waals surface area contributed by atoms with Gasteiger partial charge < -0.3 is 14.8 Å². The lowest BCUT2D eigenvalue weighted by Crippen LogP contribution is -2.39. The Kier molecular flexibility index (Phi) is 4.79. The first-order valence-electron chi connectivity index (χ1n) is 8.07. The fourth-order valence-electron chi connectivity index (χ4n) is 2.82. The molecule has 0 fully saturated rings. The van der Waals surface area contributed by atoms with Crippen molar-refractivity contribution in [1.29, 1.82) is 0 Å². The number of aromatic nitrogens is 5. The van der Waals surface area contributed by atoms with Crippen molar-refractivity contribution in [3.63, 3.8) is 0 Å². The number of aryl methyl sites for hydroxylation is 2. The summed E-state index contributed by atoms with van der Waals surface area (Å²) >= 11 is 0. The lowest BCUT2D eigenvalue weighted by Gasteiger charge is -2.28. The number of amides is 1. The zero-order valence-electron chi connectivity index (χ0n) is 14.3. The third kappa shape index (κ3) is 3.92. The van der Waals surface area contributed by atoms with Crippen LogP contribution < -0.4 is 5.32 Å². The van der Waals surface area contributed by atoms with Crippen LogP contribution in [0.3, 0.4) is 0 Å². The summed E-state index contributed by atoms with van der Waals surface area (Å²) in [6, 6.07) is 1.84. The molecular weight excluding hydrogens is 351 g/mol. The van der Waals surface area contributed by atoms with Crippen molar-refractivity contribution in [3.8, 4) is 0 Å². The van der Waals surface area contributed by atoms with Gasteiger partial charge in [0.05, 0.1) is 6.54 Å². The van der Waals surface area contributed by atoms with Crippen LogP contribution in [-0.2, 0) is 24.1 Å². The molecule has 1 aliphatic rings. The van der Waals surface area contributed by atoms with E-state index < -0.39 is 12.0 Å². The SMILES string of the molecule is Cc1cc(C)nc(NCCC(=O)N2CCn3c(nnc3C(F)(F)F)C2)n1. The average Bonchev–Trinajstić information content (AvgIpc) is 2.97. The van der Waals surface area contributed by atoms with E-state index in [1.54, 1.807) is 0 Å². The summed E-state index contributed by atoms with van der Waals surface area (Å²) in [4.78, 5) is 22.2. The maximum Gasteiger partial charge on any atom is 0.451 e. The van der Waals surface area contributed by atoms with E-state index in [1.807, 2.05) is 19.9 Å². The Hall–Kier alpha value is -2.72. The molecule has 0 aromatic carbocycles. The number of halogens is 3. The highest BCUT2D eigenvalue weighted by molar-refractivity contribution is 5.76. The van der Waals surface area contributed by atoms with Gasteiger partial charge in [-0.25, -0.2) is 9.97 Å². The van der Waals surface area contributed by atoms with Crippen LogP contribution in [0.1, 0.15) is 29.5 Å². The van der Waals surface area contributed by atoms with Crippen LogP contribution in [0.2, 0.25) is 0 Å². The molecule has 3 heterocycles. The normalized spacial score (nSPS) is 14.3. The van der Waals surface area contributed by atoms with Gasteiger partial charge in [0.25, 0.3) is 0 Å². The maximum absolute atomic E-state index is 12.8. The van der Waals surface area contributed by atoms with E-state index in [-0.39, 0.29) is 37.8 Å². The van der Waals surface area contributed by atoms with Gasteiger partial charge in [0, 0.05) is 37.4 Å². The first-order valence-corrected chi connectivity index (χ1v) is 8.07. The smallest absolute Gasteiger partial charge is 0.354 e. The summed E-state index contributed by atoms with van der Waals surface area (Å²) < 4.78 is 39.5. The fraction of sp³-hybridized carbons (Fsp3) is 0.533. The number of hydrogen-bond acceptors (Lipinski definition) is 6. The van der Waals surface area contributed by atoms with Crippen molar-refractivity contribution in [3.05, 3.63) is 29.1 Å². The number of nitrogens with zero attached hydrogens (tertiary/aromatic N) is 6. The molecule has 2 aromatic heterocycles. The Bertz CT molecular complexity index is 798. The third-order valence-electron chi connectivity index (χ3n) is 3.96.